The van der Waals surface area contributed by atoms with Crippen LogP contribution in [0.15, 0.2) is 24.3 Å². The van der Waals surface area contributed by atoms with Gasteiger partial charge in [0.15, 0.2) is 0 Å². The number of carbonyl (C=O) groups is 2. The number of benzene rings is 1. The first-order valence-corrected chi connectivity index (χ1v) is 8.83. The third-order valence-electron chi connectivity index (χ3n) is 3.45. The van der Waals surface area contributed by atoms with E-state index < -0.39 is 17.7 Å². The SMILES string of the molecule is CC(C)Oc1ccccc1I.O=C1CC(=O)OC2(CCCC2)O1. The van der Waals surface area contributed by atoms with Crippen LogP contribution >= 0.6 is 22.6 Å². The molecule has 5 nitrogen and oxygen atoms in total. The molecule has 3 rings (SSSR count). The molecule has 2 fully saturated rings. The van der Waals surface area contributed by atoms with E-state index in [2.05, 4.69) is 22.6 Å². The van der Waals surface area contributed by atoms with E-state index in [1.807, 2.05) is 38.1 Å². The van der Waals surface area contributed by atoms with Gasteiger partial charge in [0, 0.05) is 12.8 Å². The summed E-state index contributed by atoms with van der Waals surface area (Å²) in [6, 6.07) is 8.02. The van der Waals surface area contributed by atoms with E-state index in [1.54, 1.807) is 0 Å². The third-order valence-corrected chi connectivity index (χ3v) is 4.34. The van der Waals surface area contributed by atoms with Gasteiger partial charge in [-0.1, -0.05) is 12.1 Å². The molecule has 23 heavy (non-hydrogen) atoms. The zero-order valence-corrected chi connectivity index (χ0v) is 15.5. The molecular weight excluding hydrogens is 411 g/mol. The first-order chi connectivity index (χ1) is 10.9. The van der Waals surface area contributed by atoms with E-state index in [0.717, 1.165) is 18.6 Å². The molecule has 126 valence electrons. The molecule has 1 aliphatic carbocycles. The second-order valence-corrected chi connectivity index (χ2v) is 7.00. The zero-order valence-electron chi connectivity index (χ0n) is 13.3. The van der Waals surface area contributed by atoms with Crippen molar-refractivity contribution in [2.24, 2.45) is 0 Å². The lowest BCUT2D eigenvalue weighted by molar-refractivity contribution is -0.241. The molecule has 0 aromatic heterocycles. The Hall–Kier alpha value is -1.31. The summed E-state index contributed by atoms with van der Waals surface area (Å²) < 4.78 is 16.7. The van der Waals surface area contributed by atoms with Gasteiger partial charge in [-0.25, -0.2) is 0 Å². The molecule has 0 unspecified atom stereocenters. The standard InChI is InChI=1S/C9H11IO.C8H10O4/c1-7(2)11-9-6-4-3-5-8(9)10;9-6-5-7(10)12-8(11-6)3-1-2-4-8/h3-7H,1-2H3;1-5H2. The van der Waals surface area contributed by atoms with E-state index >= 15 is 0 Å². The first-order valence-electron chi connectivity index (χ1n) is 7.75. The minimum Gasteiger partial charge on any atom is -0.490 e. The number of hydrogen-bond donors (Lipinski definition) is 0. The van der Waals surface area contributed by atoms with Gasteiger partial charge in [0.2, 0.25) is 0 Å². The molecule has 0 atom stereocenters. The topological polar surface area (TPSA) is 61.8 Å². The van der Waals surface area contributed by atoms with Crippen molar-refractivity contribution >= 4 is 34.5 Å². The fourth-order valence-corrected chi connectivity index (χ4v) is 3.05. The van der Waals surface area contributed by atoms with Crippen LogP contribution in [0, 0.1) is 3.57 Å². The molecule has 0 N–H and O–H groups in total. The van der Waals surface area contributed by atoms with Crippen LogP contribution in [0.4, 0.5) is 0 Å². The van der Waals surface area contributed by atoms with Gasteiger partial charge in [-0.3, -0.25) is 9.59 Å². The maximum Gasteiger partial charge on any atom is 0.320 e. The molecule has 2 aliphatic rings. The number of esters is 2. The van der Waals surface area contributed by atoms with E-state index in [-0.39, 0.29) is 12.5 Å². The van der Waals surface area contributed by atoms with E-state index in [0.29, 0.717) is 12.8 Å². The summed E-state index contributed by atoms with van der Waals surface area (Å²) in [5.74, 6) is -0.809. The largest absolute Gasteiger partial charge is 0.490 e. The summed E-state index contributed by atoms with van der Waals surface area (Å²) in [7, 11) is 0. The van der Waals surface area contributed by atoms with Crippen LogP contribution in [0.25, 0.3) is 0 Å². The molecular formula is C17H21IO5. The van der Waals surface area contributed by atoms with Crippen molar-refractivity contribution in [2.75, 3.05) is 0 Å². The first kappa shape index (κ1) is 18.0. The van der Waals surface area contributed by atoms with Gasteiger partial charge in [0.05, 0.1) is 9.67 Å². The monoisotopic (exact) mass is 432 g/mol. The summed E-state index contributed by atoms with van der Waals surface area (Å²) in [5.41, 5.74) is 0. The van der Waals surface area contributed by atoms with Gasteiger partial charge >= 0.3 is 11.9 Å². The predicted molar refractivity (Wildman–Crippen MR) is 92.9 cm³/mol. The van der Waals surface area contributed by atoms with Gasteiger partial charge < -0.3 is 14.2 Å². The van der Waals surface area contributed by atoms with E-state index in [9.17, 15) is 9.59 Å². The average Bonchev–Trinajstić information content (AvgIpc) is 2.88. The minimum atomic E-state index is -0.883. The second kappa shape index (κ2) is 7.99. The van der Waals surface area contributed by atoms with Gasteiger partial charge in [-0.05, 0) is 61.4 Å². The highest BCUT2D eigenvalue weighted by Crippen LogP contribution is 2.37. The summed E-state index contributed by atoms with van der Waals surface area (Å²) in [6.45, 7) is 4.06. The second-order valence-electron chi connectivity index (χ2n) is 5.84. The zero-order chi connectivity index (χ0) is 16.9. The molecule has 0 radical (unpaired) electrons. The number of rotatable bonds is 2. The molecule has 0 amide bonds. The maximum absolute atomic E-state index is 10.9. The van der Waals surface area contributed by atoms with Crippen LogP contribution in [-0.2, 0) is 19.1 Å². The van der Waals surface area contributed by atoms with Crippen molar-refractivity contribution < 1.29 is 23.8 Å². The highest BCUT2D eigenvalue weighted by atomic mass is 127. The van der Waals surface area contributed by atoms with Crippen molar-refractivity contribution in [1.82, 2.24) is 0 Å². The Morgan fingerprint density at radius 1 is 1.09 bits per heavy atom. The Bertz CT molecular complexity index is 546. The van der Waals surface area contributed by atoms with Crippen molar-refractivity contribution in [3.63, 3.8) is 0 Å². The van der Waals surface area contributed by atoms with Crippen molar-refractivity contribution in [1.29, 1.82) is 0 Å². The summed E-state index contributed by atoms with van der Waals surface area (Å²) in [6.07, 6.45) is 3.25. The number of hydrogen-bond acceptors (Lipinski definition) is 5. The molecule has 1 spiro atoms. The maximum atomic E-state index is 10.9. The molecule has 1 aromatic carbocycles. The van der Waals surface area contributed by atoms with Crippen LogP contribution in [0.5, 0.6) is 5.75 Å². The van der Waals surface area contributed by atoms with Gasteiger partial charge in [0.25, 0.3) is 5.79 Å². The van der Waals surface area contributed by atoms with E-state index in [4.69, 9.17) is 14.2 Å². The van der Waals surface area contributed by atoms with Gasteiger partial charge in [-0.2, -0.15) is 0 Å². The molecule has 6 heteroatoms. The number of para-hydroxylation sites is 1. The Balaban J connectivity index is 0.000000168. The van der Waals surface area contributed by atoms with Crippen LogP contribution < -0.4 is 4.74 Å². The smallest absolute Gasteiger partial charge is 0.320 e. The molecule has 1 saturated heterocycles. The fourth-order valence-electron chi connectivity index (χ4n) is 2.54. The van der Waals surface area contributed by atoms with E-state index in [1.165, 1.54) is 3.57 Å². The minimum absolute atomic E-state index is 0.234. The van der Waals surface area contributed by atoms with Crippen LogP contribution in [0.2, 0.25) is 0 Å². The van der Waals surface area contributed by atoms with Crippen molar-refractivity contribution in [3.05, 3.63) is 27.8 Å². The molecule has 1 aliphatic heterocycles. The predicted octanol–water partition coefficient (Wildman–Crippen LogP) is 3.83. The number of carbonyl (C=O) groups excluding carboxylic acids is 2. The van der Waals surface area contributed by atoms with Gasteiger partial charge in [-0.15, -0.1) is 0 Å². The quantitative estimate of drug-likeness (QED) is 0.404. The van der Waals surface area contributed by atoms with Crippen molar-refractivity contribution in [2.45, 2.75) is 57.8 Å². The number of halogens is 1. The lowest BCUT2D eigenvalue weighted by Crippen LogP contribution is -2.42. The molecule has 1 aromatic rings. The van der Waals surface area contributed by atoms with Crippen LogP contribution in [0.3, 0.4) is 0 Å². The Kier molecular flexibility index (Phi) is 6.26. The molecule has 1 saturated carbocycles. The summed E-state index contributed by atoms with van der Waals surface area (Å²) in [5, 5.41) is 0. The Labute approximate surface area is 149 Å². The molecule has 0 bridgehead atoms. The lowest BCUT2D eigenvalue weighted by atomic mass is 10.2. The Morgan fingerprint density at radius 3 is 2.17 bits per heavy atom. The fraction of sp³-hybridized carbons (Fsp3) is 0.529. The highest BCUT2D eigenvalue weighted by Gasteiger charge is 2.45. The van der Waals surface area contributed by atoms with Crippen molar-refractivity contribution in [3.8, 4) is 5.75 Å². The molecule has 1 heterocycles. The number of ether oxygens (including phenoxy) is 3. The summed E-state index contributed by atoms with van der Waals surface area (Å²) in [4.78, 5) is 21.8. The van der Waals surface area contributed by atoms with Crippen LogP contribution in [0.1, 0.15) is 46.0 Å². The third kappa shape index (κ3) is 5.37. The van der Waals surface area contributed by atoms with Crippen LogP contribution in [-0.4, -0.2) is 23.8 Å². The highest BCUT2D eigenvalue weighted by molar-refractivity contribution is 14.1. The van der Waals surface area contributed by atoms with Gasteiger partial charge in [0.1, 0.15) is 12.2 Å². The normalized spacial score (nSPS) is 19.0. The summed E-state index contributed by atoms with van der Waals surface area (Å²) >= 11 is 2.27. The average molecular weight is 432 g/mol. The lowest BCUT2D eigenvalue weighted by Gasteiger charge is -2.31. The Morgan fingerprint density at radius 2 is 1.65 bits per heavy atom.